The SMILES string of the molecule is NCc1ccc(F)c(COCC2CCCO2)c1. The number of halogens is 1. The molecule has 2 N–H and O–H groups in total. The molecule has 1 fully saturated rings. The maximum Gasteiger partial charge on any atom is 0.128 e. The fraction of sp³-hybridized carbons (Fsp3) is 0.538. The average Bonchev–Trinajstić information content (AvgIpc) is 2.84. The number of ether oxygens (including phenoxy) is 2. The van der Waals surface area contributed by atoms with Crippen LogP contribution in [0, 0.1) is 5.82 Å². The number of benzene rings is 1. The van der Waals surface area contributed by atoms with E-state index in [0.717, 1.165) is 25.0 Å². The molecule has 0 aromatic heterocycles. The highest BCUT2D eigenvalue weighted by atomic mass is 19.1. The van der Waals surface area contributed by atoms with Gasteiger partial charge in [-0.15, -0.1) is 0 Å². The topological polar surface area (TPSA) is 44.5 Å². The molecule has 0 amide bonds. The fourth-order valence-corrected chi connectivity index (χ4v) is 1.94. The third kappa shape index (κ3) is 3.49. The Labute approximate surface area is 101 Å². The molecule has 1 aromatic carbocycles. The van der Waals surface area contributed by atoms with Crippen LogP contribution < -0.4 is 5.73 Å². The van der Waals surface area contributed by atoms with Crippen LogP contribution in [0.4, 0.5) is 4.39 Å². The summed E-state index contributed by atoms with van der Waals surface area (Å²) in [4.78, 5) is 0. The highest BCUT2D eigenvalue weighted by Crippen LogP contribution is 2.15. The van der Waals surface area contributed by atoms with Crippen LogP contribution in [0.5, 0.6) is 0 Å². The zero-order valence-electron chi connectivity index (χ0n) is 9.82. The molecule has 0 aliphatic carbocycles. The number of hydrogen-bond donors (Lipinski definition) is 1. The molecule has 0 saturated carbocycles. The zero-order chi connectivity index (χ0) is 12.1. The Morgan fingerprint density at radius 1 is 1.47 bits per heavy atom. The summed E-state index contributed by atoms with van der Waals surface area (Å²) in [5.41, 5.74) is 6.99. The standard InChI is InChI=1S/C13H18FNO2/c14-13-4-3-10(7-15)6-11(13)8-16-9-12-2-1-5-17-12/h3-4,6,12H,1-2,5,7-9,15H2. The Morgan fingerprint density at radius 3 is 3.06 bits per heavy atom. The predicted molar refractivity (Wildman–Crippen MR) is 62.9 cm³/mol. The van der Waals surface area contributed by atoms with E-state index in [0.29, 0.717) is 18.7 Å². The van der Waals surface area contributed by atoms with Gasteiger partial charge in [0.15, 0.2) is 0 Å². The van der Waals surface area contributed by atoms with Crippen LogP contribution >= 0.6 is 0 Å². The highest BCUT2D eigenvalue weighted by Gasteiger charge is 2.15. The van der Waals surface area contributed by atoms with Gasteiger partial charge in [0.25, 0.3) is 0 Å². The Bertz CT molecular complexity index is 364. The molecule has 4 heteroatoms. The van der Waals surface area contributed by atoms with Gasteiger partial charge in [-0.25, -0.2) is 4.39 Å². The molecular formula is C13H18FNO2. The molecule has 0 bridgehead atoms. The van der Waals surface area contributed by atoms with Gasteiger partial charge in [-0.05, 0) is 30.5 Å². The van der Waals surface area contributed by atoms with Crippen molar-refractivity contribution in [3.63, 3.8) is 0 Å². The Kier molecular flexibility index (Phi) is 4.48. The molecular weight excluding hydrogens is 221 g/mol. The Hall–Kier alpha value is -0.970. The van der Waals surface area contributed by atoms with Crippen molar-refractivity contribution in [2.24, 2.45) is 5.73 Å². The second-order valence-corrected chi connectivity index (χ2v) is 4.28. The maximum absolute atomic E-state index is 13.5. The summed E-state index contributed by atoms with van der Waals surface area (Å²) >= 11 is 0. The van der Waals surface area contributed by atoms with Crippen molar-refractivity contribution in [3.8, 4) is 0 Å². The normalized spacial score (nSPS) is 19.8. The van der Waals surface area contributed by atoms with Gasteiger partial charge in [0.1, 0.15) is 5.82 Å². The molecule has 1 unspecified atom stereocenters. The van der Waals surface area contributed by atoms with Gasteiger partial charge in [-0.1, -0.05) is 6.07 Å². The quantitative estimate of drug-likeness (QED) is 0.854. The first-order valence-corrected chi connectivity index (χ1v) is 5.96. The van der Waals surface area contributed by atoms with Crippen molar-refractivity contribution >= 4 is 0 Å². The van der Waals surface area contributed by atoms with Gasteiger partial charge in [0.05, 0.1) is 19.3 Å². The van der Waals surface area contributed by atoms with E-state index in [4.69, 9.17) is 15.2 Å². The summed E-state index contributed by atoms with van der Waals surface area (Å²) in [6.45, 7) is 2.04. The molecule has 1 aliphatic heterocycles. The first-order valence-electron chi connectivity index (χ1n) is 5.96. The lowest BCUT2D eigenvalue weighted by molar-refractivity contribution is 0.00981. The van der Waals surface area contributed by atoms with Gasteiger partial charge in [0.2, 0.25) is 0 Å². The molecule has 1 aromatic rings. The molecule has 1 atom stereocenters. The second kappa shape index (κ2) is 6.10. The summed E-state index contributed by atoms with van der Waals surface area (Å²) in [6.07, 6.45) is 2.30. The first-order chi connectivity index (χ1) is 8.29. The minimum absolute atomic E-state index is 0.177. The molecule has 17 heavy (non-hydrogen) atoms. The van der Waals surface area contributed by atoms with Gasteiger partial charge >= 0.3 is 0 Å². The number of nitrogens with two attached hydrogens (primary N) is 1. The summed E-state index contributed by atoms with van der Waals surface area (Å²) in [6, 6.07) is 4.89. The van der Waals surface area contributed by atoms with Crippen molar-refractivity contribution in [2.75, 3.05) is 13.2 Å². The average molecular weight is 239 g/mol. The van der Waals surface area contributed by atoms with E-state index in [9.17, 15) is 4.39 Å². The number of hydrogen-bond acceptors (Lipinski definition) is 3. The molecule has 1 heterocycles. The second-order valence-electron chi connectivity index (χ2n) is 4.28. The third-order valence-electron chi connectivity index (χ3n) is 2.93. The zero-order valence-corrected chi connectivity index (χ0v) is 9.82. The van der Waals surface area contributed by atoms with Crippen molar-refractivity contribution in [1.82, 2.24) is 0 Å². The Balaban J connectivity index is 1.84. The van der Waals surface area contributed by atoms with E-state index < -0.39 is 0 Å². The van der Waals surface area contributed by atoms with Crippen LogP contribution in [0.2, 0.25) is 0 Å². The van der Waals surface area contributed by atoms with E-state index in [-0.39, 0.29) is 18.5 Å². The van der Waals surface area contributed by atoms with Crippen LogP contribution in [-0.4, -0.2) is 19.3 Å². The third-order valence-corrected chi connectivity index (χ3v) is 2.93. The lowest BCUT2D eigenvalue weighted by atomic mass is 10.1. The first kappa shape index (κ1) is 12.5. The largest absolute Gasteiger partial charge is 0.376 e. The van der Waals surface area contributed by atoms with Crippen molar-refractivity contribution < 1.29 is 13.9 Å². The van der Waals surface area contributed by atoms with E-state index in [1.54, 1.807) is 12.1 Å². The highest BCUT2D eigenvalue weighted by molar-refractivity contribution is 5.24. The molecule has 1 saturated heterocycles. The summed E-state index contributed by atoms with van der Waals surface area (Å²) in [7, 11) is 0. The molecule has 1 aliphatic rings. The van der Waals surface area contributed by atoms with E-state index >= 15 is 0 Å². The van der Waals surface area contributed by atoms with Crippen molar-refractivity contribution in [3.05, 3.63) is 35.1 Å². The molecule has 0 radical (unpaired) electrons. The van der Waals surface area contributed by atoms with Crippen molar-refractivity contribution in [1.29, 1.82) is 0 Å². The summed E-state index contributed by atoms with van der Waals surface area (Å²) < 4.78 is 24.4. The van der Waals surface area contributed by atoms with Crippen LogP contribution in [0.15, 0.2) is 18.2 Å². The maximum atomic E-state index is 13.5. The van der Waals surface area contributed by atoms with Crippen LogP contribution in [0.1, 0.15) is 24.0 Å². The van der Waals surface area contributed by atoms with Crippen LogP contribution in [-0.2, 0) is 22.6 Å². The van der Waals surface area contributed by atoms with E-state index in [1.807, 2.05) is 0 Å². The van der Waals surface area contributed by atoms with Crippen LogP contribution in [0.25, 0.3) is 0 Å². The minimum Gasteiger partial charge on any atom is -0.376 e. The molecule has 3 nitrogen and oxygen atoms in total. The van der Waals surface area contributed by atoms with Gasteiger partial charge in [-0.3, -0.25) is 0 Å². The van der Waals surface area contributed by atoms with Gasteiger partial charge in [0, 0.05) is 18.7 Å². The number of rotatable bonds is 5. The monoisotopic (exact) mass is 239 g/mol. The molecule has 0 spiro atoms. The smallest absolute Gasteiger partial charge is 0.128 e. The van der Waals surface area contributed by atoms with Gasteiger partial charge in [-0.2, -0.15) is 0 Å². The van der Waals surface area contributed by atoms with E-state index in [2.05, 4.69) is 0 Å². The Morgan fingerprint density at radius 2 is 2.35 bits per heavy atom. The lowest BCUT2D eigenvalue weighted by Gasteiger charge is -2.11. The van der Waals surface area contributed by atoms with Gasteiger partial charge < -0.3 is 15.2 Å². The molecule has 94 valence electrons. The summed E-state index contributed by atoms with van der Waals surface area (Å²) in [5, 5.41) is 0. The summed E-state index contributed by atoms with van der Waals surface area (Å²) in [5.74, 6) is -0.241. The van der Waals surface area contributed by atoms with Crippen molar-refractivity contribution in [2.45, 2.75) is 32.1 Å². The van der Waals surface area contributed by atoms with E-state index in [1.165, 1.54) is 6.07 Å². The molecule has 2 rings (SSSR count). The lowest BCUT2D eigenvalue weighted by Crippen LogP contribution is -2.14. The van der Waals surface area contributed by atoms with Crippen LogP contribution in [0.3, 0.4) is 0 Å². The fourth-order valence-electron chi connectivity index (χ4n) is 1.94. The minimum atomic E-state index is -0.241. The predicted octanol–water partition coefficient (Wildman–Crippen LogP) is 1.98.